The van der Waals surface area contributed by atoms with Crippen molar-refractivity contribution in [3.63, 3.8) is 0 Å². The standard InChI is InChI=1S/C74H120O6/c1-4-7-10-13-16-19-22-25-27-29-31-32-33-34-35-36-37-38-39-40-41-42-44-45-47-49-52-55-58-61-64-67-73(76)79-70-71(69-78-72(75)66-63-60-57-54-51-24-21-18-15-12-9-6-3)80-74(77)68-65-62-59-56-53-50-48-46-43-30-28-26-23-20-17-14-11-8-5-2/h7,10,16-17,19-20,25-28,31-32,34-35,37-38,40-41,43-46,49,52,71H,4-6,8-9,11-15,18,21-24,29-30,33,36,39,42,47-48,50-51,53-70H2,1-3H3/b10-7-,19-16-,20-17-,27-25-,28-26-,32-31-,35-34-,38-37-,41-40-,45-44-,46-43-,52-49-. The summed E-state index contributed by atoms with van der Waals surface area (Å²) in [5.41, 5.74) is 0. The van der Waals surface area contributed by atoms with Gasteiger partial charge in [0.2, 0.25) is 0 Å². The number of rotatable bonds is 58. The van der Waals surface area contributed by atoms with E-state index in [1.165, 1.54) is 96.3 Å². The molecule has 6 nitrogen and oxygen atoms in total. The molecule has 0 spiro atoms. The lowest BCUT2D eigenvalue weighted by Crippen LogP contribution is -2.30. The number of esters is 3. The Morgan fingerprint density at radius 1 is 0.263 bits per heavy atom. The predicted octanol–water partition coefficient (Wildman–Crippen LogP) is 22.7. The SMILES string of the molecule is CC/C=C\C/C=C\C/C=C\C/C=C\C/C=C\C/C=C\C/C=C\C/C=C\C/C=C\CCCCCC(=O)OCC(COC(=O)CCCCCCCCCCCCCC)OC(=O)CCCCCCCC/C=C\C/C=C\C/C=C\CCCCC. The zero-order valence-electron chi connectivity index (χ0n) is 51.8. The minimum Gasteiger partial charge on any atom is -0.462 e. The molecule has 0 aliphatic carbocycles. The Morgan fingerprint density at radius 2 is 0.487 bits per heavy atom. The highest BCUT2D eigenvalue weighted by atomic mass is 16.6. The fourth-order valence-corrected chi connectivity index (χ4v) is 8.68. The molecule has 0 bridgehead atoms. The van der Waals surface area contributed by atoms with Gasteiger partial charge in [0.15, 0.2) is 6.10 Å². The lowest BCUT2D eigenvalue weighted by molar-refractivity contribution is -0.167. The fraction of sp³-hybridized carbons (Fsp3) is 0.635. The molecule has 0 aliphatic rings. The average molecular weight is 1110 g/mol. The topological polar surface area (TPSA) is 78.9 Å². The first-order chi connectivity index (χ1) is 39.5. The van der Waals surface area contributed by atoms with Crippen molar-refractivity contribution in [1.82, 2.24) is 0 Å². The number of ether oxygens (including phenoxy) is 3. The van der Waals surface area contributed by atoms with Crippen molar-refractivity contribution in [2.75, 3.05) is 13.2 Å². The second-order valence-electron chi connectivity index (χ2n) is 21.3. The molecule has 0 N–H and O–H groups in total. The van der Waals surface area contributed by atoms with Crippen LogP contribution in [0.15, 0.2) is 146 Å². The van der Waals surface area contributed by atoms with E-state index in [0.717, 1.165) is 148 Å². The molecular weight excluding hydrogens is 985 g/mol. The smallest absolute Gasteiger partial charge is 0.306 e. The number of hydrogen-bond donors (Lipinski definition) is 0. The molecule has 0 saturated carbocycles. The van der Waals surface area contributed by atoms with E-state index in [-0.39, 0.29) is 31.1 Å². The minimum atomic E-state index is -0.804. The minimum absolute atomic E-state index is 0.0966. The maximum Gasteiger partial charge on any atom is 0.306 e. The molecule has 0 amide bonds. The lowest BCUT2D eigenvalue weighted by atomic mass is 10.0. The summed E-state index contributed by atoms with van der Waals surface area (Å²) in [7, 11) is 0. The van der Waals surface area contributed by atoms with Crippen LogP contribution in [0.4, 0.5) is 0 Å². The van der Waals surface area contributed by atoms with Gasteiger partial charge in [0.05, 0.1) is 0 Å². The van der Waals surface area contributed by atoms with E-state index < -0.39 is 6.10 Å². The van der Waals surface area contributed by atoms with Crippen molar-refractivity contribution in [3.05, 3.63) is 146 Å². The van der Waals surface area contributed by atoms with Crippen molar-refractivity contribution in [2.24, 2.45) is 0 Å². The number of unbranched alkanes of at least 4 members (excludes halogenated alkanes) is 23. The third-order valence-corrected chi connectivity index (χ3v) is 13.6. The van der Waals surface area contributed by atoms with Gasteiger partial charge >= 0.3 is 17.9 Å². The van der Waals surface area contributed by atoms with Crippen LogP contribution in [0.2, 0.25) is 0 Å². The van der Waals surface area contributed by atoms with Gasteiger partial charge in [-0.1, -0.05) is 282 Å². The van der Waals surface area contributed by atoms with Crippen LogP contribution >= 0.6 is 0 Å². The van der Waals surface area contributed by atoms with Crippen LogP contribution in [0.25, 0.3) is 0 Å². The molecule has 80 heavy (non-hydrogen) atoms. The zero-order valence-corrected chi connectivity index (χ0v) is 51.8. The number of allylic oxidation sites excluding steroid dienone is 24. The molecule has 0 aromatic rings. The Morgan fingerprint density at radius 3 is 0.800 bits per heavy atom. The first-order valence-corrected chi connectivity index (χ1v) is 32.8. The first kappa shape index (κ1) is 75.3. The molecule has 0 fully saturated rings. The van der Waals surface area contributed by atoms with E-state index in [1.807, 2.05) is 0 Å². The fourth-order valence-electron chi connectivity index (χ4n) is 8.68. The van der Waals surface area contributed by atoms with Crippen molar-refractivity contribution < 1.29 is 28.6 Å². The third kappa shape index (κ3) is 64.1. The molecule has 0 saturated heterocycles. The highest BCUT2D eigenvalue weighted by Gasteiger charge is 2.19. The average Bonchev–Trinajstić information content (AvgIpc) is 3.46. The van der Waals surface area contributed by atoms with Crippen LogP contribution in [0.5, 0.6) is 0 Å². The molecule has 452 valence electrons. The highest BCUT2D eigenvalue weighted by Crippen LogP contribution is 2.15. The molecule has 0 aliphatic heterocycles. The molecule has 1 atom stereocenters. The van der Waals surface area contributed by atoms with Crippen LogP contribution in [0, 0.1) is 0 Å². The van der Waals surface area contributed by atoms with Gasteiger partial charge in [-0.25, -0.2) is 0 Å². The molecule has 0 aromatic heterocycles. The van der Waals surface area contributed by atoms with Gasteiger partial charge in [0.1, 0.15) is 13.2 Å². The molecule has 0 rings (SSSR count). The molecule has 0 heterocycles. The van der Waals surface area contributed by atoms with E-state index in [1.54, 1.807) is 0 Å². The second kappa shape index (κ2) is 66.8. The van der Waals surface area contributed by atoms with Gasteiger partial charge in [-0.15, -0.1) is 0 Å². The van der Waals surface area contributed by atoms with E-state index in [9.17, 15) is 14.4 Å². The van der Waals surface area contributed by atoms with Crippen LogP contribution in [-0.4, -0.2) is 37.2 Å². The summed E-state index contributed by atoms with van der Waals surface area (Å²) < 4.78 is 16.9. The second-order valence-corrected chi connectivity index (χ2v) is 21.3. The monoisotopic (exact) mass is 1100 g/mol. The number of hydrogen-bond acceptors (Lipinski definition) is 6. The van der Waals surface area contributed by atoms with Crippen LogP contribution in [-0.2, 0) is 28.6 Å². The summed E-state index contributed by atoms with van der Waals surface area (Å²) in [5.74, 6) is -0.943. The summed E-state index contributed by atoms with van der Waals surface area (Å²) in [6, 6.07) is 0. The molecule has 1 unspecified atom stereocenters. The molecule has 6 heteroatoms. The van der Waals surface area contributed by atoms with Crippen LogP contribution in [0.3, 0.4) is 0 Å². The normalized spacial score (nSPS) is 13.1. The van der Waals surface area contributed by atoms with Gasteiger partial charge < -0.3 is 14.2 Å². The number of carbonyl (C=O) groups is 3. The van der Waals surface area contributed by atoms with Gasteiger partial charge in [0.25, 0.3) is 0 Å². The van der Waals surface area contributed by atoms with E-state index in [0.29, 0.717) is 19.3 Å². The first-order valence-electron chi connectivity index (χ1n) is 32.8. The summed E-state index contributed by atoms with van der Waals surface area (Å²) in [5, 5.41) is 0. The van der Waals surface area contributed by atoms with Gasteiger partial charge in [-0.05, 0) is 128 Å². The third-order valence-electron chi connectivity index (χ3n) is 13.6. The Bertz CT molecular complexity index is 1750. The Labute approximate surface area is 493 Å². The van der Waals surface area contributed by atoms with Gasteiger partial charge in [-0.3, -0.25) is 14.4 Å². The predicted molar refractivity (Wildman–Crippen MR) is 348 cm³/mol. The van der Waals surface area contributed by atoms with Crippen LogP contribution < -0.4 is 0 Å². The van der Waals surface area contributed by atoms with E-state index >= 15 is 0 Å². The Balaban J connectivity index is 4.40. The van der Waals surface area contributed by atoms with Crippen molar-refractivity contribution in [3.8, 4) is 0 Å². The quantitative estimate of drug-likeness (QED) is 0.0261. The molecular formula is C74H120O6. The highest BCUT2D eigenvalue weighted by molar-refractivity contribution is 5.71. The summed E-state index contributed by atoms with van der Waals surface area (Å²) >= 11 is 0. The summed E-state index contributed by atoms with van der Waals surface area (Å²) in [4.78, 5) is 38.3. The van der Waals surface area contributed by atoms with Gasteiger partial charge in [-0.2, -0.15) is 0 Å². The van der Waals surface area contributed by atoms with E-state index in [4.69, 9.17) is 14.2 Å². The Hall–Kier alpha value is -4.71. The largest absolute Gasteiger partial charge is 0.462 e. The Kier molecular flexibility index (Phi) is 62.9. The van der Waals surface area contributed by atoms with Gasteiger partial charge in [0, 0.05) is 19.3 Å². The van der Waals surface area contributed by atoms with E-state index in [2.05, 4.69) is 167 Å². The number of carbonyl (C=O) groups excluding carboxylic acids is 3. The summed E-state index contributed by atoms with van der Waals surface area (Å²) in [6.07, 6.45) is 95.6. The summed E-state index contributed by atoms with van der Waals surface area (Å²) in [6.45, 7) is 6.46. The van der Waals surface area contributed by atoms with Crippen molar-refractivity contribution >= 4 is 17.9 Å². The zero-order chi connectivity index (χ0) is 57.8. The maximum absolute atomic E-state index is 12.9. The maximum atomic E-state index is 12.9. The molecule has 0 aromatic carbocycles. The van der Waals surface area contributed by atoms with Crippen molar-refractivity contribution in [2.45, 2.75) is 290 Å². The lowest BCUT2D eigenvalue weighted by Gasteiger charge is -2.18. The van der Waals surface area contributed by atoms with Crippen molar-refractivity contribution in [1.29, 1.82) is 0 Å². The molecule has 0 radical (unpaired) electrons. The van der Waals surface area contributed by atoms with Crippen LogP contribution in [0.1, 0.15) is 284 Å².